The molecule has 1 aliphatic heterocycles. The van der Waals surface area contributed by atoms with E-state index in [4.69, 9.17) is 10.8 Å². The summed E-state index contributed by atoms with van der Waals surface area (Å²) in [4.78, 5) is 12.8. The van der Waals surface area contributed by atoms with Crippen LogP contribution in [0.5, 0.6) is 0 Å². The Kier molecular flexibility index (Phi) is 2.70. The predicted molar refractivity (Wildman–Crippen MR) is 56.2 cm³/mol. The van der Waals surface area contributed by atoms with Crippen LogP contribution in [0.3, 0.4) is 0 Å². The molecule has 1 aliphatic rings. The van der Waals surface area contributed by atoms with Gasteiger partial charge in [-0.1, -0.05) is 24.3 Å². The molecular formula is C11H14N2O2. The van der Waals surface area contributed by atoms with E-state index in [9.17, 15) is 4.79 Å². The number of nitrogens with zero attached hydrogens (tertiary/aromatic N) is 1. The summed E-state index contributed by atoms with van der Waals surface area (Å²) in [7, 11) is 0. The number of rotatable bonds is 3. The highest BCUT2D eigenvalue weighted by molar-refractivity contribution is 5.73. The number of hydrogen-bond acceptors (Lipinski definition) is 3. The molecule has 80 valence electrons. The zero-order chi connectivity index (χ0) is 10.8. The Morgan fingerprint density at radius 3 is 2.33 bits per heavy atom. The molecule has 0 aromatic heterocycles. The lowest BCUT2D eigenvalue weighted by Gasteiger charge is -2.21. The van der Waals surface area contributed by atoms with Crippen molar-refractivity contribution < 1.29 is 9.90 Å². The van der Waals surface area contributed by atoms with Crippen LogP contribution in [0.1, 0.15) is 11.1 Å². The average Bonchev–Trinajstić information content (AvgIpc) is 2.61. The fraction of sp³-hybridized carbons (Fsp3) is 0.364. The molecule has 1 unspecified atom stereocenters. The van der Waals surface area contributed by atoms with E-state index < -0.39 is 12.0 Å². The fourth-order valence-corrected chi connectivity index (χ4v) is 1.99. The molecule has 0 spiro atoms. The Morgan fingerprint density at radius 1 is 1.40 bits per heavy atom. The Hall–Kier alpha value is -1.39. The minimum atomic E-state index is -0.842. The Morgan fingerprint density at radius 2 is 1.93 bits per heavy atom. The molecule has 0 amide bonds. The van der Waals surface area contributed by atoms with Crippen LogP contribution in [0.4, 0.5) is 0 Å². The minimum Gasteiger partial charge on any atom is -0.480 e. The SMILES string of the molecule is NCC(C(=O)O)N1Cc2ccccc2C1. The Bertz CT molecular complexity index is 354. The van der Waals surface area contributed by atoms with E-state index in [1.54, 1.807) is 0 Å². The zero-order valence-electron chi connectivity index (χ0n) is 8.39. The van der Waals surface area contributed by atoms with Crippen LogP contribution in [0.25, 0.3) is 0 Å². The summed E-state index contributed by atoms with van der Waals surface area (Å²) < 4.78 is 0. The van der Waals surface area contributed by atoms with Crippen LogP contribution in [0, 0.1) is 0 Å². The van der Waals surface area contributed by atoms with E-state index >= 15 is 0 Å². The number of aliphatic carboxylic acids is 1. The van der Waals surface area contributed by atoms with Gasteiger partial charge < -0.3 is 10.8 Å². The van der Waals surface area contributed by atoms with Crippen molar-refractivity contribution >= 4 is 5.97 Å². The van der Waals surface area contributed by atoms with E-state index in [0.717, 1.165) is 0 Å². The molecule has 4 nitrogen and oxygen atoms in total. The molecule has 0 aliphatic carbocycles. The van der Waals surface area contributed by atoms with Crippen molar-refractivity contribution in [1.82, 2.24) is 4.90 Å². The monoisotopic (exact) mass is 206 g/mol. The van der Waals surface area contributed by atoms with Gasteiger partial charge in [0.15, 0.2) is 0 Å². The normalized spacial score (nSPS) is 17.4. The third-order valence-corrected chi connectivity index (χ3v) is 2.81. The second kappa shape index (κ2) is 4.00. The highest BCUT2D eigenvalue weighted by Gasteiger charge is 2.29. The highest BCUT2D eigenvalue weighted by atomic mass is 16.4. The molecule has 0 saturated heterocycles. The van der Waals surface area contributed by atoms with Gasteiger partial charge in [-0.25, -0.2) is 0 Å². The molecule has 1 heterocycles. The van der Waals surface area contributed by atoms with E-state index in [-0.39, 0.29) is 6.54 Å². The summed E-state index contributed by atoms with van der Waals surface area (Å²) in [6.07, 6.45) is 0. The van der Waals surface area contributed by atoms with Crippen LogP contribution in [-0.4, -0.2) is 28.6 Å². The quantitative estimate of drug-likeness (QED) is 0.752. The fourth-order valence-electron chi connectivity index (χ4n) is 1.99. The summed E-state index contributed by atoms with van der Waals surface area (Å²) in [5, 5.41) is 8.99. The molecular weight excluding hydrogens is 192 g/mol. The van der Waals surface area contributed by atoms with Gasteiger partial charge in [0, 0.05) is 19.6 Å². The molecule has 15 heavy (non-hydrogen) atoms. The van der Waals surface area contributed by atoms with E-state index in [1.165, 1.54) is 11.1 Å². The van der Waals surface area contributed by atoms with Gasteiger partial charge in [-0.3, -0.25) is 9.69 Å². The summed E-state index contributed by atoms with van der Waals surface area (Å²) in [6.45, 7) is 1.53. The highest BCUT2D eigenvalue weighted by Crippen LogP contribution is 2.23. The molecule has 2 rings (SSSR count). The van der Waals surface area contributed by atoms with Gasteiger partial charge >= 0.3 is 5.97 Å². The van der Waals surface area contributed by atoms with Crippen LogP contribution in [0.15, 0.2) is 24.3 Å². The van der Waals surface area contributed by atoms with Gasteiger partial charge in [-0.2, -0.15) is 0 Å². The third kappa shape index (κ3) is 1.86. The van der Waals surface area contributed by atoms with E-state index in [0.29, 0.717) is 13.1 Å². The molecule has 1 aromatic rings. The van der Waals surface area contributed by atoms with Crippen molar-refractivity contribution in [1.29, 1.82) is 0 Å². The molecule has 1 atom stereocenters. The van der Waals surface area contributed by atoms with Gasteiger partial charge in [0.1, 0.15) is 6.04 Å². The molecule has 0 radical (unpaired) electrons. The number of hydrogen-bond donors (Lipinski definition) is 2. The topological polar surface area (TPSA) is 66.6 Å². The maximum absolute atomic E-state index is 10.9. The minimum absolute atomic E-state index is 0.156. The second-order valence-electron chi connectivity index (χ2n) is 3.76. The number of carboxylic acid groups (broad SMARTS) is 1. The smallest absolute Gasteiger partial charge is 0.322 e. The number of nitrogens with two attached hydrogens (primary N) is 1. The average molecular weight is 206 g/mol. The molecule has 0 bridgehead atoms. The lowest BCUT2D eigenvalue weighted by atomic mass is 10.1. The first-order valence-corrected chi connectivity index (χ1v) is 4.96. The maximum Gasteiger partial charge on any atom is 0.322 e. The first-order valence-electron chi connectivity index (χ1n) is 4.96. The number of fused-ring (bicyclic) bond motifs is 1. The first-order chi connectivity index (χ1) is 7.22. The van der Waals surface area contributed by atoms with Crippen LogP contribution in [-0.2, 0) is 17.9 Å². The third-order valence-electron chi connectivity index (χ3n) is 2.81. The summed E-state index contributed by atoms with van der Waals surface area (Å²) >= 11 is 0. The van der Waals surface area contributed by atoms with Crippen molar-refractivity contribution in [2.24, 2.45) is 5.73 Å². The maximum atomic E-state index is 10.9. The predicted octanol–water partition coefficient (Wildman–Crippen LogP) is 0.414. The lowest BCUT2D eigenvalue weighted by molar-refractivity contribution is -0.143. The van der Waals surface area contributed by atoms with Gasteiger partial charge in [0.05, 0.1) is 0 Å². The molecule has 3 N–H and O–H groups in total. The lowest BCUT2D eigenvalue weighted by Crippen LogP contribution is -2.43. The number of carbonyl (C=O) groups is 1. The Balaban J connectivity index is 2.15. The van der Waals surface area contributed by atoms with Crippen molar-refractivity contribution in [3.8, 4) is 0 Å². The standard InChI is InChI=1S/C11H14N2O2/c12-5-10(11(14)15)13-6-8-3-1-2-4-9(8)7-13/h1-4,10H,5-7,12H2,(H,14,15). The molecule has 1 aromatic carbocycles. The Labute approximate surface area is 88.3 Å². The van der Waals surface area contributed by atoms with Crippen molar-refractivity contribution in [3.63, 3.8) is 0 Å². The van der Waals surface area contributed by atoms with Crippen LogP contribution in [0.2, 0.25) is 0 Å². The number of benzene rings is 1. The molecule has 4 heteroatoms. The van der Waals surface area contributed by atoms with E-state index in [1.807, 2.05) is 29.2 Å². The van der Waals surface area contributed by atoms with Gasteiger partial charge in [0.2, 0.25) is 0 Å². The van der Waals surface area contributed by atoms with Crippen molar-refractivity contribution in [2.75, 3.05) is 6.54 Å². The summed E-state index contributed by atoms with van der Waals surface area (Å²) in [6, 6.07) is 7.44. The summed E-state index contributed by atoms with van der Waals surface area (Å²) in [5.41, 5.74) is 7.88. The largest absolute Gasteiger partial charge is 0.480 e. The zero-order valence-corrected chi connectivity index (χ0v) is 8.39. The van der Waals surface area contributed by atoms with Crippen molar-refractivity contribution in [3.05, 3.63) is 35.4 Å². The van der Waals surface area contributed by atoms with E-state index in [2.05, 4.69) is 0 Å². The number of carboxylic acids is 1. The van der Waals surface area contributed by atoms with Gasteiger partial charge in [-0.15, -0.1) is 0 Å². The second-order valence-corrected chi connectivity index (χ2v) is 3.76. The van der Waals surface area contributed by atoms with Crippen LogP contribution >= 0.6 is 0 Å². The van der Waals surface area contributed by atoms with Crippen molar-refractivity contribution in [2.45, 2.75) is 19.1 Å². The van der Waals surface area contributed by atoms with Gasteiger partial charge in [0.25, 0.3) is 0 Å². The molecule has 0 saturated carbocycles. The summed E-state index contributed by atoms with van der Waals surface area (Å²) in [5.74, 6) is -0.842. The van der Waals surface area contributed by atoms with Gasteiger partial charge in [-0.05, 0) is 11.1 Å². The van der Waals surface area contributed by atoms with Crippen LogP contribution < -0.4 is 5.73 Å². The molecule has 0 fully saturated rings. The first kappa shape index (κ1) is 10.1.